The first kappa shape index (κ1) is 18.5. The summed E-state index contributed by atoms with van der Waals surface area (Å²) in [4.78, 5) is 41.9. The highest BCUT2D eigenvalue weighted by molar-refractivity contribution is 8.00. The molecule has 1 amide bonds. The maximum Gasteiger partial charge on any atom is 0.317 e. The number of nitrogens with two attached hydrogens (primary N) is 1. The molecule has 0 bridgehead atoms. The number of rotatable bonds is 6. The molecule has 132 valence electrons. The largest absolute Gasteiger partial charge is 0.480 e. The van der Waals surface area contributed by atoms with Gasteiger partial charge >= 0.3 is 5.97 Å². The number of aromatic amines is 1. The number of thioether (sulfide) groups is 1. The molecule has 1 aromatic heterocycles. The van der Waals surface area contributed by atoms with E-state index in [1.165, 1.54) is 0 Å². The zero-order valence-corrected chi connectivity index (χ0v) is 14.5. The van der Waals surface area contributed by atoms with Crippen LogP contribution in [0.5, 0.6) is 0 Å². The standard InChI is InChI=1S/C16H18N4O4S/c1-3-10(15(23)24)25-16-19-12(17)11(14(22)20-16)18-13(21)9-6-4-8(2)5-7-9/h4-7,10H,3H2,1-2H3,(H,18,21)(H,23,24)(H3,17,19,20,22)/t10-/m0/s1. The van der Waals surface area contributed by atoms with E-state index in [0.717, 1.165) is 17.3 Å². The summed E-state index contributed by atoms with van der Waals surface area (Å²) in [5, 5.41) is 10.8. The van der Waals surface area contributed by atoms with Crippen molar-refractivity contribution < 1.29 is 14.7 Å². The van der Waals surface area contributed by atoms with E-state index in [-0.39, 0.29) is 16.7 Å². The van der Waals surface area contributed by atoms with Gasteiger partial charge in [0.2, 0.25) is 0 Å². The van der Waals surface area contributed by atoms with Gasteiger partial charge in [-0.2, -0.15) is 0 Å². The van der Waals surface area contributed by atoms with Gasteiger partial charge in [-0.15, -0.1) is 0 Å². The Labute approximate surface area is 147 Å². The molecule has 5 N–H and O–H groups in total. The summed E-state index contributed by atoms with van der Waals surface area (Å²) in [5.74, 6) is -1.67. The van der Waals surface area contributed by atoms with Crippen LogP contribution in [0.25, 0.3) is 0 Å². The van der Waals surface area contributed by atoms with Gasteiger partial charge < -0.3 is 16.2 Å². The average Bonchev–Trinajstić information content (AvgIpc) is 2.56. The molecule has 0 fully saturated rings. The van der Waals surface area contributed by atoms with Gasteiger partial charge in [-0.05, 0) is 25.5 Å². The van der Waals surface area contributed by atoms with E-state index in [1.54, 1.807) is 31.2 Å². The van der Waals surface area contributed by atoms with E-state index in [9.17, 15) is 14.4 Å². The quantitative estimate of drug-likeness (QED) is 0.454. The molecule has 1 atom stereocenters. The molecule has 0 radical (unpaired) electrons. The Morgan fingerprint density at radius 2 is 2.00 bits per heavy atom. The van der Waals surface area contributed by atoms with Crippen molar-refractivity contribution in [1.29, 1.82) is 0 Å². The van der Waals surface area contributed by atoms with Crippen molar-refractivity contribution in [2.24, 2.45) is 0 Å². The fourth-order valence-electron chi connectivity index (χ4n) is 1.98. The molecule has 1 heterocycles. The Hall–Kier alpha value is -2.81. The summed E-state index contributed by atoms with van der Waals surface area (Å²) >= 11 is 0.892. The number of H-pyrrole nitrogens is 1. The second-order valence-corrected chi connectivity index (χ2v) is 6.50. The number of carboxylic acid groups (broad SMARTS) is 1. The smallest absolute Gasteiger partial charge is 0.317 e. The van der Waals surface area contributed by atoms with Crippen molar-refractivity contribution in [3.05, 3.63) is 45.7 Å². The van der Waals surface area contributed by atoms with Gasteiger partial charge in [0.05, 0.1) is 0 Å². The van der Waals surface area contributed by atoms with Crippen LogP contribution < -0.4 is 16.6 Å². The maximum absolute atomic E-state index is 12.2. The van der Waals surface area contributed by atoms with Crippen molar-refractivity contribution in [2.45, 2.75) is 30.7 Å². The molecule has 0 aliphatic rings. The maximum atomic E-state index is 12.2. The highest BCUT2D eigenvalue weighted by Crippen LogP contribution is 2.23. The summed E-state index contributed by atoms with van der Waals surface area (Å²) in [5.41, 5.74) is 6.32. The fraction of sp³-hybridized carbons (Fsp3) is 0.250. The topological polar surface area (TPSA) is 138 Å². The van der Waals surface area contributed by atoms with E-state index in [4.69, 9.17) is 10.8 Å². The van der Waals surface area contributed by atoms with E-state index < -0.39 is 22.7 Å². The number of nitrogens with one attached hydrogen (secondary N) is 2. The van der Waals surface area contributed by atoms with Crippen LogP contribution in [0.2, 0.25) is 0 Å². The van der Waals surface area contributed by atoms with Crippen LogP contribution >= 0.6 is 11.8 Å². The number of anilines is 2. The molecule has 0 aliphatic heterocycles. The van der Waals surface area contributed by atoms with E-state index >= 15 is 0 Å². The molecule has 2 aromatic rings. The zero-order chi connectivity index (χ0) is 18.6. The highest BCUT2D eigenvalue weighted by Gasteiger charge is 2.20. The third kappa shape index (κ3) is 4.60. The minimum atomic E-state index is -1.01. The van der Waals surface area contributed by atoms with Gasteiger partial charge in [-0.1, -0.05) is 36.4 Å². The zero-order valence-electron chi connectivity index (χ0n) is 13.7. The first-order valence-electron chi connectivity index (χ1n) is 7.49. The monoisotopic (exact) mass is 362 g/mol. The van der Waals surface area contributed by atoms with Crippen molar-refractivity contribution in [2.75, 3.05) is 11.1 Å². The highest BCUT2D eigenvalue weighted by atomic mass is 32.2. The summed E-state index contributed by atoms with van der Waals surface area (Å²) in [6.45, 7) is 3.61. The number of hydrogen-bond acceptors (Lipinski definition) is 6. The van der Waals surface area contributed by atoms with Crippen LogP contribution in [0.3, 0.4) is 0 Å². The molecule has 9 heteroatoms. The summed E-state index contributed by atoms with van der Waals surface area (Å²) in [6, 6.07) is 6.81. The van der Waals surface area contributed by atoms with Crippen LogP contribution in [0.4, 0.5) is 11.5 Å². The molecule has 0 unspecified atom stereocenters. The minimum absolute atomic E-state index is 0.0880. The molecule has 8 nitrogen and oxygen atoms in total. The number of hydrogen-bond donors (Lipinski definition) is 4. The second-order valence-electron chi connectivity index (χ2n) is 5.30. The number of carbonyl (C=O) groups is 2. The Morgan fingerprint density at radius 3 is 2.52 bits per heavy atom. The van der Waals surface area contributed by atoms with Crippen molar-refractivity contribution in [3.8, 4) is 0 Å². The van der Waals surface area contributed by atoms with Gasteiger partial charge in [0.1, 0.15) is 10.9 Å². The number of aliphatic carboxylic acids is 1. The molecule has 0 saturated carbocycles. The number of nitrogens with zero attached hydrogens (tertiary/aromatic N) is 1. The molecule has 0 saturated heterocycles. The lowest BCUT2D eigenvalue weighted by atomic mass is 10.1. The van der Waals surface area contributed by atoms with Crippen molar-refractivity contribution in [3.63, 3.8) is 0 Å². The van der Waals surface area contributed by atoms with Gasteiger partial charge in [0, 0.05) is 5.56 Å². The summed E-state index contributed by atoms with van der Waals surface area (Å²) in [6.07, 6.45) is 0.357. The van der Waals surface area contributed by atoms with E-state index in [1.807, 2.05) is 6.92 Å². The Balaban J connectivity index is 2.22. The third-order valence-corrected chi connectivity index (χ3v) is 4.61. The van der Waals surface area contributed by atoms with Crippen molar-refractivity contribution in [1.82, 2.24) is 9.97 Å². The molecule has 25 heavy (non-hydrogen) atoms. The fourth-order valence-corrected chi connectivity index (χ4v) is 2.82. The Bertz CT molecular complexity index is 848. The number of aromatic nitrogens is 2. The Kier molecular flexibility index (Phi) is 5.81. The van der Waals surface area contributed by atoms with E-state index in [2.05, 4.69) is 15.3 Å². The Morgan fingerprint density at radius 1 is 1.36 bits per heavy atom. The molecule has 0 aliphatic carbocycles. The molecule has 0 spiro atoms. The number of amides is 1. The number of carbonyl (C=O) groups excluding carboxylic acids is 1. The average molecular weight is 362 g/mol. The summed E-state index contributed by atoms with van der Waals surface area (Å²) < 4.78 is 0. The number of nitrogen functional groups attached to an aromatic ring is 1. The van der Waals surface area contributed by atoms with Crippen molar-refractivity contribution >= 4 is 35.1 Å². The predicted octanol–water partition coefficient (Wildman–Crippen LogP) is 1.87. The SMILES string of the molecule is CC[C@H](Sc1nc(N)c(NC(=O)c2ccc(C)cc2)c(=O)[nH]1)C(=O)O. The normalized spacial score (nSPS) is 11.8. The molecule has 1 aromatic carbocycles. The van der Waals surface area contributed by atoms with Gasteiger partial charge in [-0.25, -0.2) is 4.98 Å². The lowest BCUT2D eigenvalue weighted by molar-refractivity contribution is -0.136. The van der Waals surface area contributed by atoms with Crippen LogP contribution in [-0.4, -0.2) is 32.2 Å². The lowest BCUT2D eigenvalue weighted by Crippen LogP contribution is -2.24. The lowest BCUT2D eigenvalue weighted by Gasteiger charge is -2.11. The van der Waals surface area contributed by atoms with Gasteiger partial charge in [0.15, 0.2) is 11.0 Å². The first-order chi connectivity index (χ1) is 11.8. The van der Waals surface area contributed by atoms with Crippen LogP contribution in [0, 0.1) is 6.92 Å². The van der Waals surface area contributed by atoms with Crippen LogP contribution in [-0.2, 0) is 4.79 Å². The number of benzene rings is 1. The predicted molar refractivity (Wildman–Crippen MR) is 96.0 cm³/mol. The van der Waals surface area contributed by atoms with Crippen LogP contribution in [0.1, 0.15) is 29.3 Å². The first-order valence-corrected chi connectivity index (χ1v) is 8.37. The molecular weight excluding hydrogens is 344 g/mol. The number of carboxylic acids is 1. The van der Waals surface area contributed by atoms with E-state index in [0.29, 0.717) is 12.0 Å². The summed E-state index contributed by atoms with van der Waals surface area (Å²) in [7, 11) is 0. The van der Waals surface area contributed by atoms with Crippen LogP contribution in [0.15, 0.2) is 34.2 Å². The molecule has 2 rings (SSSR count). The van der Waals surface area contributed by atoms with Gasteiger partial charge in [-0.3, -0.25) is 19.4 Å². The third-order valence-electron chi connectivity index (χ3n) is 3.38. The van der Waals surface area contributed by atoms with Gasteiger partial charge in [0.25, 0.3) is 11.5 Å². The number of aryl methyl sites for hydroxylation is 1. The second kappa shape index (κ2) is 7.84. The minimum Gasteiger partial charge on any atom is -0.480 e. The molecular formula is C16H18N4O4S.